The number of para-hydroxylation sites is 1. The van der Waals surface area contributed by atoms with Gasteiger partial charge in [0.25, 0.3) is 0 Å². The van der Waals surface area contributed by atoms with E-state index in [9.17, 15) is 4.79 Å². The van der Waals surface area contributed by atoms with Crippen LogP contribution >= 0.6 is 0 Å². The number of aromatic nitrogens is 2. The number of rotatable bonds is 4. The van der Waals surface area contributed by atoms with E-state index in [-0.39, 0.29) is 5.91 Å². The number of hydrogen-bond acceptors (Lipinski definition) is 2. The second-order valence-electron chi connectivity index (χ2n) is 7.08. The maximum Gasteiger partial charge on any atom is 0.219 e. The highest BCUT2D eigenvalue weighted by molar-refractivity contribution is 5.73. The first-order valence-electron chi connectivity index (χ1n) is 9.49. The molecule has 5 nitrogen and oxygen atoms in total. The molecule has 0 saturated carbocycles. The van der Waals surface area contributed by atoms with Gasteiger partial charge in [0.05, 0.1) is 37.4 Å². The van der Waals surface area contributed by atoms with Gasteiger partial charge in [0, 0.05) is 18.7 Å². The summed E-state index contributed by atoms with van der Waals surface area (Å²) in [6, 6.07) is 20.6. The van der Waals surface area contributed by atoms with E-state index < -0.39 is 0 Å². The van der Waals surface area contributed by atoms with Crippen molar-refractivity contribution in [2.75, 3.05) is 26.2 Å². The van der Waals surface area contributed by atoms with Crippen LogP contribution in [0.2, 0.25) is 0 Å². The molecule has 4 rings (SSSR count). The van der Waals surface area contributed by atoms with Gasteiger partial charge in [0.2, 0.25) is 5.91 Å². The Labute approximate surface area is 159 Å². The molecule has 3 aromatic rings. The molecule has 138 valence electrons. The molecule has 0 aliphatic carbocycles. The minimum Gasteiger partial charge on any atom is -0.332 e. The Morgan fingerprint density at radius 1 is 1.00 bits per heavy atom. The van der Waals surface area contributed by atoms with Crippen LogP contribution in [0, 0.1) is 0 Å². The third kappa shape index (κ3) is 3.93. The molecule has 0 radical (unpaired) electrons. The molecule has 2 aromatic carbocycles. The van der Waals surface area contributed by atoms with Crippen LogP contribution in [0.1, 0.15) is 12.5 Å². The van der Waals surface area contributed by atoms with Crippen molar-refractivity contribution >= 4 is 5.91 Å². The lowest BCUT2D eigenvalue weighted by Crippen LogP contribution is -3.13. The summed E-state index contributed by atoms with van der Waals surface area (Å²) in [5, 5.41) is 4.90. The van der Waals surface area contributed by atoms with Crippen molar-refractivity contribution < 1.29 is 9.69 Å². The topological polar surface area (TPSA) is 42.6 Å². The lowest BCUT2D eigenvalue weighted by Gasteiger charge is -2.31. The number of quaternary nitrogens is 1. The molecule has 1 fully saturated rings. The lowest BCUT2D eigenvalue weighted by atomic mass is 10.1. The Kier molecular flexibility index (Phi) is 5.03. The number of carbonyl (C=O) groups is 1. The quantitative estimate of drug-likeness (QED) is 0.770. The number of carbonyl (C=O) groups excluding carboxylic acids is 1. The summed E-state index contributed by atoms with van der Waals surface area (Å²) in [5.41, 5.74) is 4.50. The maximum absolute atomic E-state index is 11.6. The van der Waals surface area contributed by atoms with E-state index in [0.29, 0.717) is 0 Å². The number of nitrogens with one attached hydrogen (secondary N) is 1. The van der Waals surface area contributed by atoms with Gasteiger partial charge in [0.15, 0.2) is 0 Å². The monoisotopic (exact) mass is 361 g/mol. The van der Waals surface area contributed by atoms with E-state index in [2.05, 4.69) is 42.6 Å². The molecular weight excluding hydrogens is 336 g/mol. The molecular formula is C22H25N4O+. The molecule has 5 heteroatoms. The van der Waals surface area contributed by atoms with Crippen molar-refractivity contribution in [3.63, 3.8) is 0 Å². The highest BCUT2D eigenvalue weighted by atomic mass is 16.2. The van der Waals surface area contributed by atoms with Crippen LogP contribution in [-0.4, -0.2) is 46.8 Å². The van der Waals surface area contributed by atoms with Crippen molar-refractivity contribution in [2.24, 2.45) is 0 Å². The predicted octanol–water partition coefficient (Wildman–Crippen LogP) is 1.79. The summed E-state index contributed by atoms with van der Waals surface area (Å²) in [7, 11) is 0. The van der Waals surface area contributed by atoms with Crippen LogP contribution in [0.3, 0.4) is 0 Å². The fourth-order valence-electron chi connectivity index (χ4n) is 3.68. The van der Waals surface area contributed by atoms with E-state index in [0.717, 1.165) is 49.7 Å². The van der Waals surface area contributed by atoms with Crippen molar-refractivity contribution in [3.05, 3.63) is 72.4 Å². The van der Waals surface area contributed by atoms with Gasteiger partial charge < -0.3 is 9.80 Å². The Morgan fingerprint density at radius 3 is 2.26 bits per heavy atom. The predicted molar refractivity (Wildman–Crippen MR) is 106 cm³/mol. The summed E-state index contributed by atoms with van der Waals surface area (Å²) in [6.07, 6.45) is 2.15. The van der Waals surface area contributed by atoms with E-state index in [1.807, 2.05) is 33.8 Å². The van der Waals surface area contributed by atoms with Crippen molar-refractivity contribution in [1.29, 1.82) is 0 Å². The van der Waals surface area contributed by atoms with Crippen LogP contribution in [0.15, 0.2) is 66.9 Å². The third-order valence-electron chi connectivity index (χ3n) is 5.21. The summed E-state index contributed by atoms with van der Waals surface area (Å²) in [6.45, 7) is 6.19. The van der Waals surface area contributed by atoms with Crippen molar-refractivity contribution in [2.45, 2.75) is 13.5 Å². The maximum atomic E-state index is 11.6. The number of piperazine rings is 1. The summed E-state index contributed by atoms with van der Waals surface area (Å²) < 4.78 is 1.98. The molecule has 27 heavy (non-hydrogen) atoms. The van der Waals surface area contributed by atoms with Crippen LogP contribution in [-0.2, 0) is 11.3 Å². The molecule has 1 aromatic heterocycles. The zero-order valence-electron chi connectivity index (χ0n) is 15.6. The van der Waals surface area contributed by atoms with Crippen LogP contribution in [0.4, 0.5) is 0 Å². The smallest absolute Gasteiger partial charge is 0.219 e. The SMILES string of the molecule is CC(=O)N1CC[NH+](Cc2cn(-c3ccccc3)nc2-c2ccccc2)CC1. The average Bonchev–Trinajstić information content (AvgIpc) is 3.13. The van der Waals surface area contributed by atoms with E-state index in [1.54, 1.807) is 6.92 Å². The first kappa shape index (κ1) is 17.5. The average molecular weight is 361 g/mol. The second kappa shape index (κ2) is 7.76. The number of nitrogens with zero attached hydrogens (tertiary/aromatic N) is 3. The summed E-state index contributed by atoms with van der Waals surface area (Å²) in [5.74, 6) is 0.177. The highest BCUT2D eigenvalue weighted by Crippen LogP contribution is 2.23. The molecule has 0 unspecified atom stereocenters. The van der Waals surface area contributed by atoms with Gasteiger partial charge in [-0.25, -0.2) is 4.68 Å². The van der Waals surface area contributed by atoms with Gasteiger partial charge in [-0.1, -0.05) is 48.5 Å². The molecule has 1 amide bonds. The minimum atomic E-state index is 0.177. The van der Waals surface area contributed by atoms with E-state index >= 15 is 0 Å². The lowest BCUT2D eigenvalue weighted by molar-refractivity contribution is -0.917. The molecule has 2 heterocycles. The Balaban J connectivity index is 1.61. The first-order chi connectivity index (χ1) is 13.2. The molecule has 0 bridgehead atoms. The highest BCUT2D eigenvalue weighted by Gasteiger charge is 2.24. The zero-order valence-corrected chi connectivity index (χ0v) is 15.6. The van der Waals surface area contributed by atoms with Gasteiger partial charge in [-0.3, -0.25) is 4.79 Å². The number of benzene rings is 2. The largest absolute Gasteiger partial charge is 0.332 e. The Morgan fingerprint density at radius 2 is 1.63 bits per heavy atom. The van der Waals surface area contributed by atoms with Crippen molar-refractivity contribution in [3.8, 4) is 16.9 Å². The van der Waals surface area contributed by atoms with Crippen molar-refractivity contribution in [1.82, 2.24) is 14.7 Å². The first-order valence-corrected chi connectivity index (χ1v) is 9.49. The van der Waals surface area contributed by atoms with Gasteiger partial charge in [0.1, 0.15) is 12.2 Å². The zero-order chi connectivity index (χ0) is 18.6. The molecule has 1 N–H and O–H groups in total. The Hall–Kier alpha value is -2.92. The second-order valence-corrected chi connectivity index (χ2v) is 7.08. The summed E-state index contributed by atoms with van der Waals surface area (Å²) in [4.78, 5) is 15.0. The van der Waals surface area contributed by atoms with E-state index in [1.165, 1.54) is 10.5 Å². The molecule has 1 aliphatic heterocycles. The van der Waals surface area contributed by atoms with Crippen LogP contribution in [0.5, 0.6) is 0 Å². The number of hydrogen-bond donors (Lipinski definition) is 1. The third-order valence-corrected chi connectivity index (χ3v) is 5.21. The normalized spacial score (nSPS) is 15.1. The molecule has 1 saturated heterocycles. The van der Waals surface area contributed by atoms with Crippen LogP contribution in [0.25, 0.3) is 16.9 Å². The number of amides is 1. The van der Waals surface area contributed by atoms with Gasteiger partial charge in [-0.15, -0.1) is 0 Å². The molecule has 0 atom stereocenters. The van der Waals surface area contributed by atoms with Gasteiger partial charge in [-0.2, -0.15) is 5.10 Å². The van der Waals surface area contributed by atoms with Gasteiger partial charge in [-0.05, 0) is 12.1 Å². The molecule has 0 spiro atoms. The fraction of sp³-hybridized carbons (Fsp3) is 0.273. The summed E-state index contributed by atoms with van der Waals surface area (Å²) >= 11 is 0. The Bertz CT molecular complexity index is 897. The van der Waals surface area contributed by atoms with Gasteiger partial charge >= 0.3 is 0 Å². The molecule has 1 aliphatic rings. The fourth-order valence-corrected chi connectivity index (χ4v) is 3.68. The standard InChI is InChI=1S/C22H24N4O/c1-18(27)25-14-12-24(13-15-25)16-20-17-26(21-10-6-3-7-11-21)23-22(20)19-8-4-2-5-9-19/h2-11,17H,12-16H2,1H3/p+1. The van der Waals surface area contributed by atoms with E-state index in [4.69, 9.17) is 5.10 Å². The minimum absolute atomic E-state index is 0.177. The van der Waals surface area contributed by atoms with Crippen LogP contribution < -0.4 is 4.90 Å².